The fourth-order valence-corrected chi connectivity index (χ4v) is 5.25. The topological polar surface area (TPSA) is 96.0 Å². The van der Waals surface area contributed by atoms with Crippen LogP contribution < -0.4 is 14.4 Å². The average Bonchev–Trinajstić information content (AvgIpc) is 2.89. The molecule has 2 rings (SSSR count). The lowest BCUT2D eigenvalue weighted by atomic mass is 10.1. The highest BCUT2D eigenvalue weighted by molar-refractivity contribution is 7.92. The Morgan fingerprint density at radius 1 is 0.947 bits per heavy atom. The van der Waals surface area contributed by atoms with Gasteiger partial charge in [0.1, 0.15) is 11.8 Å². The second-order valence-electron chi connectivity index (χ2n) is 9.26. The summed E-state index contributed by atoms with van der Waals surface area (Å²) < 4.78 is 31.8. The largest absolute Gasteiger partial charge is 0.494 e. The van der Waals surface area contributed by atoms with E-state index in [0.717, 1.165) is 24.7 Å². The summed E-state index contributed by atoms with van der Waals surface area (Å²) in [6.45, 7) is 7.53. The van der Waals surface area contributed by atoms with Crippen LogP contribution in [-0.4, -0.2) is 63.7 Å². The van der Waals surface area contributed by atoms with Gasteiger partial charge in [-0.1, -0.05) is 50.6 Å². The number of ether oxygens (including phenoxy) is 1. The second kappa shape index (κ2) is 16.0. The minimum atomic E-state index is -3.55. The molecule has 0 radical (unpaired) electrons. The first-order chi connectivity index (χ1) is 18.2. The zero-order valence-corrected chi connectivity index (χ0v) is 24.0. The SMILES string of the molecule is CCCCNC(=O)C(CC)N(CCc1ccccc1)C(=O)CCCN(c1ccc(OCC)cc1)S(C)(=O)=O. The molecule has 0 saturated heterocycles. The highest BCUT2D eigenvalue weighted by atomic mass is 32.2. The van der Waals surface area contributed by atoms with Crippen molar-refractivity contribution in [2.45, 2.75) is 65.3 Å². The first-order valence-corrected chi connectivity index (χ1v) is 15.4. The Hall–Kier alpha value is -3.07. The molecule has 0 aliphatic carbocycles. The number of rotatable bonds is 17. The monoisotopic (exact) mass is 545 g/mol. The fraction of sp³-hybridized carbons (Fsp3) is 0.517. The van der Waals surface area contributed by atoms with Crippen molar-refractivity contribution in [3.8, 4) is 5.75 Å². The Kier molecular flexibility index (Phi) is 13.1. The fourth-order valence-electron chi connectivity index (χ4n) is 4.28. The summed E-state index contributed by atoms with van der Waals surface area (Å²) in [4.78, 5) is 28.1. The third-order valence-corrected chi connectivity index (χ3v) is 7.48. The van der Waals surface area contributed by atoms with Gasteiger partial charge in [0.2, 0.25) is 21.8 Å². The van der Waals surface area contributed by atoms with Crippen LogP contribution in [0, 0.1) is 0 Å². The van der Waals surface area contributed by atoms with Crippen LogP contribution in [0.15, 0.2) is 54.6 Å². The molecule has 0 heterocycles. The van der Waals surface area contributed by atoms with Gasteiger partial charge in [0.15, 0.2) is 0 Å². The maximum Gasteiger partial charge on any atom is 0.242 e. The third-order valence-electron chi connectivity index (χ3n) is 6.29. The van der Waals surface area contributed by atoms with Crippen molar-refractivity contribution in [1.82, 2.24) is 10.2 Å². The summed E-state index contributed by atoms with van der Waals surface area (Å²) in [6.07, 6.45) is 4.61. The average molecular weight is 546 g/mol. The molecule has 0 aliphatic heterocycles. The number of sulfonamides is 1. The molecule has 1 N–H and O–H groups in total. The van der Waals surface area contributed by atoms with E-state index in [2.05, 4.69) is 12.2 Å². The Morgan fingerprint density at radius 3 is 2.21 bits per heavy atom. The molecular weight excluding hydrogens is 502 g/mol. The lowest BCUT2D eigenvalue weighted by Crippen LogP contribution is -2.50. The van der Waals surface area contributed by atoms with Gasteiger partial charge < -0.3 is 15.0 Å². The molecule has 38 heavy (non-hydrogen) atoms. The van der Waals surface area contributed by atoms with Gasteiger partial charge in [-0.05, 0) is 62.4 Å². The molecule has 8 nitrogen and oxygen atoms in total. The molecule has 210 valence electrons. The number of unbranched alkanes of at least 4 members (excludes halogenated alkanes) is 1. The summed E-state index contributed by atoms with van der Waals surface area (Å²) in [5.74, 6) is 0.366. The van der Waals surface area contributed by atoms with E-state index in [9.17, 15) is 18.0 Å². The number of nitrogens with zero attached hydrogens (tertiary/aromatic N) is 2. The van der Waals surface area contributed by atoms with E-state index >= 15 is 0 Å². The molecule has 0 saturated carbocycles. The van der Waals surface area contributed by atoms with Crippen molar-refractivity contribution in [2.24, 2.45) is 0 Å². The van der Waals surface area contributed by atoms with Gasteiger partial charge in [-0.25, -0.2) is 8.42 Å². The van der Waals surface area contributed by atoms with Crippen LogP contribution in [0.5, 0.6) is 5.75 Å². The van der Waals surface area contributed by atoms with E-state index in [1.54, 1.807) is 29.2 Å². The number of hydrogen-bond acceptors (Lipinski definition) is 5. The number of carbonyl (C=O) groups is 2. The van der Waals surface area contributed by atoms with Gasteiger partial charge in [0.25, 0.3) is 0 Å². The number of benzene rings is 2. The quantitative estimate of drug-likeness (QED) is 0.297. The molecule has 1 unspecified atom stereocenters. The molecule has 1 atom stereocenters. The smallest absolute Gasteiger partial charge is 0.242 e. The Morgan fingerprint density at radius 2 is 1.63 bits per heavy atom. The van der Waals surface area contributed by atoms with E-state index in [4.69, 9.17) is 4.74 Å². The van der Waals surface area contributed by atoms with E-state index in [0.29, 0.717) is 50.4 Å². The van der Waals surface area contributed by atoms with Gasteiger partial charge in [0.05, 0.1) is 18.6 Å². The van der Waals surface area contributed by atoms with Crippen molar-refractivity contribution in [2.75, 3.05) is 36.8 Å². The first kappa shape index (κ1) is 31.1. The summed E-state index contributed by atoms with van der Waals surface area (Å²) in [5.41, 5.74) is 1.61. The van der Waals surface area contributed by atoms with Crippen molar-refractivity contribution in [3.05, 3.63) is 60.2 Å². The number of carbonyl (C=O) groups excluding carboxylic acids is 2. The van der Waals surface area contributed by atoms with Gasteiger partial charge in [-0.2, -0.15) is 0 Å². The van der Waals surface area contributed by atoms with Gasteiger partial charge >= 0.3 is 0 Å². The molecular formula is C29H43N3O5S. The highest BCUT2D eigenvalue weighted by Crippen LogP contribution is 2.22. The highest BCUT2D eigenvalue weighted by Gasteiger charge is 2.28. The van der Waals surface area contributed by atoms with Gasteiger partial charge in [-0.15, -0.1) is 0 Å². The van der Waals surface area contributed by atoms with Crippen LogP contribution in [0.4, 0.5) is 5.69 Å². The number of hydrogen-bond donors (Lipinski definition) is 1. The minimum Gasteiger partial charge on any atom is -0.494 e. The number of nitrogens with one attached hydrogen (secondary N) is 1. The van der Waals surface area contributed by atoms with Crippen molar-refractivity contribution in [1.29, 1.82) is 0 Å². The Balaban J connectivity index is 2.13. The van der Waals surface area contributed by atoms with E-state index in [1.165, 1.54) is 4.31 Å². The number of anilines is 1. The van der Waals surface area contributed by atoms with Crippen molar-refractivity contribution >= 4 is 27.5 Å². The van der Waals surface area contributed by atoms with Gasteiger partial charge in [0, 0.05) is 26.1 Å². The standard InChI is InChI=1S/C29H43N3O5S/c1-5-8-21-30-29(34)27(6-2)31(23-20-24-13-10-9-11-14-24)28(33)15-12-22-32(38(4,35)36)25-16-18-26(19-17-25)37-7-3/h9-11,13-14,16-19,27H,5-8,12,15,20-23H2,1-4H3,(H,30,34). The predicted octanol–water partition coefficient (Wildman–Crippen LogP) is 4.40. The van der Waals surface area contributed by atoms with Crippen LogP contribution in [0.1, 0.15) is 58.4 Å². The number of amides is 2. The summed E-state index contributed by atoms with van der Waals surface area (Å²) in [6, 6.07) is 16.2. The van der Waals surface area contributed by atoms with E-state index < -0.39 is 16.1 Å². The zero-order valence-electron chi connectivity index (χ0n) is 23.2. The van der Waals surface area contributed by atoms with Crippen LogP contribution in [0.25, 0.3) is 0 Å². The Bertz CT molecular complexity index is 1090. The summed E-state index contributed by atoms with van der Waals surface area (Å²) >= 11 is 0. The van der Waals surface area contributed by atoms with Crippen LogP contribution in [0.3, 0.4) is 0 Å². The van der Waals surface area contributed by atoms with E-state index in [-0.39, 0.29) is 24.8 Å². The molecule has 2 amide bonds. The first-order valence-electron chi connectivity index (χ1n) is 13.5. The van der Waals surface area contributed by atoms with Crippen molar-refractivity contribution in [3.63, 3.8) is 0 Å². The molecule has 0 aromatic heterocycles. The Labute approximate surface area is 228 Å². The van der Waals surface area contributed by atoms with Crippen LogP contribution >= 0.6 is 0 Å². The maximum atomic E-state index is 13.4. The van der Waals surface area contributed by atoms with Crippen LogP contribution in [0.2, 0.25) is 0 Å². The normalized spacial score (nSPS) is 12.0. The predicted molar refractivity (Wildman–Crippen MR) is 153 cm³/mol. The molecule has 2 aromatic carbocycles. The molecule has 0 fully saturated rings. The van der Waals surface area contributed by atoms with E-state index in [1.807, 2.05) is 44.2 Å². The van der Waals surface area contributed by atoms with Crippen LogP contribution in [-0.2, 0) is 26.0 Å². The third kappa shape index (κ3) is 10.0. The zero-order chi connectivity index (χ0) is 28.0. The molecule has 2 aromatic rings. The maximum absolute atomic E-state index is 13.4. The van der Waals surface area contributed by atoms with Crippen molar-refractivity contribution < 1.29 is 22.7 Å². The molecule has 0 spiro atoms. The van der Waals surface area contributed by atoms with Gasteiger partial charge in [-0.3, -0.25) is 13.9 Å². The molecule has 0 bridgehead atoms. The molecule has 9 heteroatoms. The molecule has 0 aliphatic rings. The lowest BCUT2D eigenvalue weighted by Gasteiger charge is -2.31. The minimum absolute atomic E-state index is 0.135. The lowest BCUT2D eigenvalue weighted by molar-refractivity contribution is -0.140. The second-order valence-corrected chi connectivity index (χ2v) is 11.2. The summed E-state index contributed by atoms with van der Waals surface area (Å²) in [5, 5.41) is 2.97. The summed E-state index contributed by atoms with van der Waals surface area (Å²) in [7, 11) is -3.55.